The van der Waals surface area contributed by atoms with E-state index in [9.17, 15) is 0 Å². The predicted molar refractivity (Wildman–Crippen MR) is 68.0 cm³/mol. The molecule has 0 saturated carbocycles. The number of hydrogen-bond acceptors (Lipinski definition) is 4. The molecule has 0 aliphatic carbocycles. The third-order valence-corrected chi connectivity index (χ3v) is 2.78. The van der Waals surface area contributed by atoms with Crippen LogP contribution in [0.3, 0.4) is 0 Å². The molecule has 98 valence electrons. The molecule has 2 aromatic heterocycles. The summed E-state index contributed by atoms with van der Waals surface area (Å²) in [5.74, 6) is 1.05. The highest BCUT2D eigenvalue weighted by Crippen LogP contribution is 2.07. The Balaban J connectivity index is 1.90. The van der Waals surface area contributed by atoms with Crippen molar-refractivity contribution in [3.05, 3.63) is 42.4 Å². The SMILES string of the molecule is COCCn1ccnc1CN(C)Cc1ccoc1. The third-order valence-electron chi connectivity index (χ3n) is 2.78. The van der Waals surface area contributed by atoms with Crippen LogP contribution in [-0.4, -0.2) is 35.2 Å². The van der Waals surface area contributed by atoms with Gasteiger partial charge in [0.05, 0.1) is 25.7 Å². The Morgan fingerprint density at radius 2 is 2.33 bits per heavy atom. The summed E-state index contributed by atoms with van der Waals surface area (Å²) in [6, 6.07) is 1.98. The van der Waals surface area contributed by atoms with Crippen LogP contribution in [0, 0.1) is 0 Å². The molecule has 0 bridgehead atoms. The topological polar surface area (TPSA) is 43.4 Å². The molecule has 0 aliphatic rings. The van der Waals surface area contributed by atoms with Crippen molar-refractivity contribution in [2.45, 2.75) is 19.6 Å². The van der Waals surface area contributed by atoms with Gasteiger partial charge in [-0.25, -0.2) is 4.98 Å². The van der Waals surface area contributed by atoms with Crippen LogP contribution in [0.5, 0.6) is 0 Å². The Hall–Kier alpha value is -1.59. The van der Waals surface area contributed by atoms with Gasteiger partial charge in [0.1, 0.15) is 5.82 Å². The number of methoxy groups -OCH3 is 1. The van der Waals surface area contributed by atoms with E-state index in [1.54, 1.807) is 19.6 Å². The predicted octanol–water partition coefficient (Wildman–Crippen LogP) is 1.75. The van der Waals surface area contributed by atoms with Crippen molar-refractivity contribution >= 4 is 0 Å². The fourth-order valence-electron chi connectivity index (χ4n) is 1.88. The van der Waals surface area contributed by atoms with E-state index in [4.69, 9.17) is 9.15 Å². The van der Waals surface area contributed by atoms with Crippen molar-refractivity contribution in [2.75, 3.05) is 20.8 Å². The fourth-order valence-corrected chi connectivity index (χ4v) is 1.88. The largest absolute Gasteiger partial charge is 0.472 e. The fraction of sp³-hybridized carbons (Fsp3) is 0.462. The van der Waals surface area contributed by atoms with Crippen LogP contribution in [0.25, 0.3) is 0 Å². The molecule has 0 radical (unpaired) electrons. The number of rotatable bonds is 7. The van der Waals surface area contributed by atoms with Crippen molar-refractivity contribution < 1.29 is 9.15 Å². The highest BCUT2D eigenvalue weighted by atomic mass is 16.5. The monoisotopic (exact) mass is 249 g/mol. The summed E-state index contributed by atoms with van der Waals surface area (Å²) in [7, 11) is 3.78. The first-order chi connectivity index (χ1) is 8.79. The molecule has 2 aromatic rings. The number of imidazole rings is 1. The molecule has 0 aromatic carbocycles. The first kappa shape index (κ1) is 12.9. The second-order valence-corrected chi connectivity index (χ2v) is 4.33. The summed E-state index contributed by atoms with van der Waals surface area (Å²) >= 11 is 0. The van der Waals surface area contributed by atoms with Gasteiger partial charge in [-0.05, 0) is 13.1 Å². The summed E-state index contributed by atoms with van der Waals surface area (Å²) in [5.41, 5.74) is 1.17. The minimum atomic E-state index is 0.703. The highest BCUT2D eigenvalue weighted by Gasteiger charge is 2.07. The number of aromatic nitrogens is 2. The van der Waals surface area contributed by atoms with Crippen molar-refractivity contribution in [1.82, 2.24) is 14.5 Å². The van der Waals surface area contributed by atoms with Crippen LogP contribution in [0.2, 0.25) is 0 Å². The van der Waals surface area contributed by atoms with E-state index in [0.717, 1.165) is 25.5 Å². The lowest BCUT2D eigenvalue weighted by Gasteiger charge is -2.16. The van der Waals surface area contributed by atoms with Crippen molar-refractivity contribution in [3.8, 4) is 0 Å². The van der Waals surface area contributed by atoms with Gasteiger partial charge in [0.15, 0.2) is 0 Å². The Bertz CT molecular complexity index is 451. The van der Waals surface area contributed by atoms with Crippen LogP contribution < -0.4 is 0 Å². The molecule has 18 heavy (non-hydrogen) atoms. The molecule has 0 saturated heterocycles. The zero-order valence-electron chi connectivity index (χ0n) is 10.9. The van der Waals surface area contributed by atoms with Gasteiger partial charge >= 0.3 is 0 Å². The second kappa shape index (κ2) is 6.37. The van der Waals surface area contributed by atoms with Crippen molar-refractivity contribution in [3.63, 3.8) is 0 Å². The van der Waals surface area contributed by atoms with E-state index >= 15 is 0 Å². The lowest BCUT2D eigenvalue weighted by molar-refractivity contribution is 0.184. The van der Waals surface area contributed by atoms with Crippen LogP contribution >= 0.6 is 0 Å². The minimum Gasteiger partial charge on any atom is -0.472 e. The molecule has 0 atom stereocenters. The van der Waals surface area contributed by atoms with E-state index in [1.807, 2.05) is 18.5 Å². The molecule has 5 heteroatoms. The Labute approximate surface area is 107 Å². The van der Waals surface area contributed by atoms with Crippen LogP contribution in [0.4, 0.5) is 0 Å². The molecule has 5 nitrogen and oxygen atoms in total. The average Bonchev–Trinajstić information content (AvgIpc) is 2.98. The third kappa shape index (κ3) is 3.45. The van der Waals surface area contributed by atoms with Crippen molar-refractivity contribution in [1.29, 1.82) is 0 Å². The maximum atomic E-state index is 5.09. The molecule has 0 N–H and O–H groups in total. The number of furan rings is 1. The van der Waals surface area contributed by atoms with Crippen LogP contribution in [0.1, 0.15) is 11.4 Å². The molecule has 2 rings (SSSR count). The van der Waals surface area contributed by atoms with Gasteiger partial charge < -0.3 is 13.7 Å². The molecule has 0 fully saturated rings. The summed E-state index contributed by atoms with van der Waals surface area (Å²) in [6.45, 7) is 3.20. The van der Waals surface area contributed by atoms with Gasteiger partial charge in [-0.2, -0.15) is 0 Å². The van der Waals surface area contributed by atoms with Gasteiger partial charge in [-0.15, -0.1) is 0 Å². The van der Waals surface area contributed by atoms with Crippen molar-refractivity contribution in [2.24, 2.45) is 0 Å². The van der Waals surface area contributed by atoms with Crippen LogP contribution in [-0.2, 0) is 24.4 Å². The number of hydrogen-bond donors (Lipinski definition) is 0. The number of nitrogens with zero attached hydrogens (tertiary/aromatic N) is 3. The van der Waals surface area contributed by atoms with E-state index in [0.29, 0.717) is 6.61 Å². The van der Waals surface area contributed by atoms with Gasteiger partial charge in [0.25, 0.3) is 0 Å². The van der Waals surface area contributed by atoms with E-state index in [-0.39, 0.29) is 0 Å². The van der Waals surface area contributed by atoms with Gasteiger partial charge in [0, 0.05) is 38.2 Å². The van der Waals surface area contributed by atoms with E-state index in [1.165, 1.54) is 5.56 Å². The maximum absolute atomic E-state index is 5.09. The van der Waals surface area contributed by atoms with Gasteiger partial charge in [-0.3, -0.25) is 4.90 Å². The number of ether oxygens (including phenoxy) is 1. The van der Waals surface area contributed by atoms with Crippen LogP contribution in [0.15, 0.2) is 35.4 Å². The molecular formula is C13H19N3O2. The molecule has 2 heterocycles. The smallest absolute Gasteiger partial charge is 0.122 e. The first-order valence-electron chi connectivity index (χ1n) is 5.98. The zero-order chi connectivity index (χ0) is 12.8. The molecule has 0 amide bonds. The van der Waals surface area contributed by atoms with Gasteiger partial charge in [-0.1, -0.05) is 0 Å². The van der Waals surface area contributed by atoms with E-state index in [2.05, 4.69) is 21.5 Å². The Morgan fingerprint density at radius 1 is 1.44 bits per heavy atom. The summed E-state index contributed by atoms with van der Waals surface area (Å²) < 4.78 is 12.3. The molecule has 0 unspecified atom stereocenters. The lowest BCUT2D eigenvalue weighted by Crippen LogP contribution is -2.20. The molecule has 0 spiro atoms. The standard InChI is InChI=1S/C13H19N3O2/c1-15(9-12-3-7-18-11-12)10-13-14-4-5-16(13)6-8-17-2/h3-5,7,11H,6,8-10H2,1-2H3. The second-order valence-electron chi connectivity index (χ2n) is 4.33. The van der Waals surface area contributed by atoms with Gasteiger partial charge in [0.2, 0.25) is 0 Å². The summed E-state index contributed by atoms with van der Waals surface area (Å²) in [4.78, 5) is 6.59. The maximum Gasteiger partial charge on any atom is 0.122 e. The quantitative estimate of drug-likeness (QED) is 0.750. The Kier molecular flexibility index (Phi) is 4.55. The Morgan fingerprint density at radius 3 is 3.06 bits per heavy atom. The summed E-state index contributed by atoms with van der Waals surface area (Å²) in [6.07, 6.45) is 7.29. The van der Waals surface area contributed by atoms with E-state index < -0.39 is 0 Å². The average molecular weight is 249 g/mol. The molecule has 0 aliphatic heterocycles. The molecular weight excluding hydrogens is 230 g/mol. The lowest BCUT2D eigenvalue weighted by atomic mass is 10.3. The normalized spacial score (nSPS) is 11.3. The highest BCUT2D eigenvalue weighted by molar-refractivity contribution is 5.05. The minimum absolute atomic E-state index is 0.703. The first-order valence-corrected chi connectivity index (χ1v) is 5.98. The summed E-state index contributed by atoms with van der Waals surface area (Å²) in [5, 5.41) is 0. The zero-order valence-corrected chi connectivity index (χ0v) is 10.9.